The van der Waals surface area contributed by atoms with Gasteiger partial charge in [0.05, 0.1) is 6.21 Å². The van der Waals surface area contributed by atoms with Crippen LogP contribution in [0.1, 0.15) is 0 Å². The van der Waals surface area contributed by atoms with Gasteiger partial charge in [-0.25, -0.2) is 4.99 Å². The van der Waals surface area contributed by atoms with Crippen LogP contribution in [0, 0.1) is 5.41 Å². The molecule has 0 aromatic heterocycles. The highest BCUT2D eigenvalue weighted by atomic mass is 16.1. The first-order chi connectivity index (χ1) is 4.20. The fraction of sp³-hybridized carbons (Fsp3) is 0. The molecule has 1 rings (SSSR count). The number of amides is 1. The Labute approximate surface area is 50.8 Å². The number of carbonyl (C=O) groups excluding carboxylic acids is 1. The van der Waals surface area contributed by atoms with Gasteiger partial charge in [0.15, 0.2) is 0 Å². The van der Waals surface area contributed by atoms with E-state index in [4.69, 9.17) is 11.1 Å². The third-order valence-electron chi connectivity index (χ3n) is 0.772. The van der Waals surface area contributed by atoms with Gasteiger partial charge in [-0.2, -0.15) is 4.99 Å². The van der Waals surface area contributed by atoms with Gasteiger partial charge in [0.1, 0.15) is 5.71 Å². The Balaban J connectivity index is 2.95. The second-order valence-electron chi connectivity index (χ2n) is 1.45. The van der Waals surface area contributed by atoms with Gasteiger partial charge >= 0.3 is 0 Å². The SMILES string of the molecule is N=C1C=NC(N)=NC1=O. The number of nitrogens with one attached hydrogen (secondary N) is 1. The average molecular weight is 124 g/mol. The number of nitrogens with zero attached hydrogens (tertiary/aromatic N) is 2. The second-order valence-corrected chi connectivity index (χ2v) is 1.45. The van der Waals surface area contributed by atoms with E-state index >= 15 is 0 Å². The molecule has 9 heavy (non-hydrogen) atoms. The molecule has 1 aliphatic rings. The van der Waals surface area contributed by atoms with Crippen molar-refractivity contribution in [2.24, 2.45) is 15.7 Å². The standard InChI is InChI=1S/C4H4N4O/c5-2-1-7-4(6)8-3(2)9/h1,5H,(H2,6,8,9). The predicted molar refractivity (Wildman–Crippen MR) is 32.8 cm³/mol. The fourth-order valence-electron chi connectivity index (χ4n) is 0.379. The summed E-state index contributed by atoms with van der Waals surface area (Å²) in [7, 11) is 0. The van der Waals surface area contributed by atoms with Gasteiger partial charge in [0, 0.05) is 0 Å². The summed E-state index contributed by atoms with van der Waals surface area (Å²) in [6.07, 6.45) is 1.07. The summed E-state index contributed by atoms with van der Waals surface area (Å²) in [4.78, 5) is 17.0. The minimum atomic E-state index is -0.637. The van der Waals surface area contributed by atoms with E-state index in [1.807, 2.05) is 0 Å². The molecule has 0 aromatic carbocycles. The first kappa shape index (κ1) is 5.61. The Morgan fingerprint density at radius 1 is 1.67 bits per heavy atom. The van der Waals surface area contributed by atoms with E-state index in [-0.39, 0.29) is 11.7 Å². The lowest BCUT2D eigenvalue weighted by Gasteiger charge is -1.96. The van der Waals surface area contributed by atoms with Gasteiger partial charge in [0.25, 0.3) is 5.91 Å². The zero-order valence-electron chi connectivity index (χ0n) is 4.46. The summed E-state index contributed by atoms with van der Waals surface area (Å²) in [6, 6.07) is 0. The summed E-state index contributed by atoms with van der Waals surface area (Å²) in [5.74, 6) is -0.724. The van der Waals surface area contributed by atoms with Crippen LogP contribution in [-0.4, -0.2) is 23.8 Å². The van der Waals surface area contributed by atoms with Crippen molar-refractivity contribution in [3.63, 3.8) is 0 Å². The quantitative estimate of drug-likeness (QED) is 0.430. The van der Waals surface area contributed by atoms with Crippen LogP contribution in [0.3, 0.4) is 0 Å². The number of carbonyl (C=O) groups is 1. The third kappa shape index (κ3) is 0.987. The molecule has 0 saturated carbocycles. The van der Waals surface area contributed by atoms with Gasteiger partial charge in [-0.1, -0.05) is 0 Å². The van der Waals surface area contributed by atoms with Gasteiger partial charge in [-0.15, -0.1) is 0 Å². The molecule has 0 aliphatic carbocycles. The van der Waals surface area contributed by atoms with E-state index in [9.17, 15) is 4.79 Å². The third-order valence-corrected chi connectivity index (χ3v) is 0.772. The van der Waals surface area contributed by atoms with Crippen LogP contribution < -0.4 is 5.73 Å². The molecule has 1 amide bonds. The molecule has 3 N–H and O–H groups in total. The maximum Gasteiger partial charge on any atom is 0.299 e. The predicted octanol–water partition coefficient (Wildman–Crippen LogP) is -1.07. The summed E-state index contributed by atoms with van der Waals surface area (Å²) >= 11 is 0. The van der Waals surface area contributed by atoms with Crippen LogP contribution in [0.15, 0.2) is 9.98 Å². The minimum Gasteiger partial charge on any atom is -0.368 e. The highest BCUT2D eigenvalue weighted by Crippen LogP contribution is 1.85. The second kappa shape index (κ2) is 1.77. The average Bonchev–Trinajstić information content (AvgIpc) is 1.80. The number of hydrogen-bond acceptors (Lipinski definition) is 4. The zero-order valence-corrected chi connectivity index (χ0v) is 4.46. The van der Waals surface area contributed by atoms with Crippen molar-refractivity contribution in [2.75, 3.05) is 0 Å². The molecule has 0 aromatic rings. The van der Waals surface area contributed by atoms with Crippen molar-refractivity contribution in [2.45, 2.75) is 0 Å². The van der Waals surface area contributed by atoms with Crippen molar-refractivity contribution in [3.8, 4) is 0 Å². The number of nitrogens with two attached hydrogens (primary N) is 1. The lowest BCUT2D eigenvalue weighted by molar-refractivity contribution is -0.111. The molecule has 1 heterocycles. The van der Waals surface area contributed by atoms with E-state index < -0.39 is 5.91 Å². The zero-order chi connectivity index (χ0) is 6.85. The Bertz CT molecular complexity index is 227. The number of hydrogen-bond donors (Lipinski definition) is 2. The highest BCUT2D eigenvalue weighted by molar-refractivity contribution is 6.62. The molecule has 46 valence electrons. The van der Waals surface area contributed by atoms with E-state index in [1.54, 1.807) is 0 Å². The molecule has 1 aliphatic heterocycles. The number of guanidine groups is 1. The maximum atomic E-state index is 10.4. The summed E-state index contributed by atoms with van der Waals surface area (Å²) in [5, 5.41) is 6.82. The molecule has 0 fully saturated rings. The normalized spacial score (nSPS) is 18.0. The molecule has 0 bridgehead atoms. The van der Waals surface area contributed by atoms with E-state index in [0.717, 1.165) is 6.21 Å². The van der Waals surface area contributed by atoms with Gasteiger partial charge in [-0.3, -0.25) is 10.2 Å². The maximum absolute atomic E-state index is 10.4. The molecule has 0 radical (unpaired) electrons. The lowest BCUT2D eigenvalue weighted by Crippen LogP contribution is -2.23. The van der Waals surface area contributed by atoms with E-state index in [2.05, 4.69) is 9.98 Å². The molecular formula is C4H4N4O. The fourth-order valence-corrected chi connectivity index (χ4v) is 0.379. The van der Waals surface area contributed by atoms with Crippen molar-refractivity contribution < 1.29 is 4.79 Å². The largest absolute Gasteiger partial charge is 0.368 e. The monoisotopic (exact) mass is 124 g/mol. The Morgan fingerprint density at radius 2 is 2.33 bits per heavy atom. The van der Waals surface area contributed by atoms with Crippen LogP contribution in [0.2, 0.25) is 0 Å². The smallest absolute Gasteiger partial charge is 0.299 e. The molecule has 5 nitrogen and oxygen atoms in total. The molecule has 5 heteroatoms. The number of rotatable bonds is 0. The van der Waals surface area contributed by atoms with Crippen LogP contribution in [0.4, 0.5) is 0 Å². The summed E-state index contributed by atoms with van der Waals surface area (Å²) < 4.78 is 0. The van der Waals surface area contributed by atoms with Crippen LogP contribution in [-0.2, 0) is 4.79 Å². The van der Waals surface area contributed by atoms with Gasteiger partial charge in [0.2, 0.25) is 5.96 Å². The van der Waals surface area contributed by atoms with Crippen molar-refractivity contribution in [1.82, 2.24) is 0 Å². The minimum absolute atomic E-state index is 0.0870. The molecule has 0 unspecified atom stereocenters. The van der Waals surface area contributed by atoms with Crippen LogP contribution in [0.25, 0.3) is 0 Å². The van der Waals surface area contributed by atoms with Crippen molar-refractivity contribution >= 4 is 23.8 Å². The van der Waals surface area contributed by atoms with Gasteiger partial charge < -0.3 is 5.73 Å². The van der Waals surface area contributed by atoms with Crippen LogP contribution >= 0.6 is 0 Å². The van der Waals surface area contributed by atoms with Crippen molar-refractivity contribution in [3.05, 3.63) is 0 Å². The first-order valence-electron chi connectivity index (χ1n) is 2.21. The lowest BCUT2D eigenvalue weighted by atomic mass is 10.4. The van der Waals surface area contributed by atoms with Crippen molar-refractivity contribution in [1.29, 1.82) is 5.41 Å². The number of aliphatic imine (C=N–C) groups is 2. The topological polar surface area (TPSA) is 91.7 Å². The van der Waals surface area contributed by atoms with E-state index in [0.29, 0.717) is 0 Å². The first-order valence-corrected chi connectivity index (χ1v) is 2.21. The molecule has 0 spiro atoms. The summed E-state index contributed by atoms with van der Waals surface area (Å²) in [6.45, 7) is 0. The van der Waals surface area contributed by atoms with Gasteiger partial charge in [-0.05, 0) is 0 Å². The molecular weight excluding hydrogens is 120 g/mol. The Kier molecular flexibility index (Phi) is 1.11. The molecule has 0 saturated heterocycles. The Morgan fingerprint density at radius 3 is 2.78 bits per heavy atom. The van der Waals surface area contributed by atoms with E-state index in [1.165, 1.54) is 0 Å². The Hall–Kier alpha value is -1.52. The highest BCUT2D eigenvalue weighted by Gasteiger charge is 2.09. The molecule has 0 atom stereocenters. The van der Waals surface area contributed by atoms with Crippen LogP contribution in [0.5, 0.6) is 0 Å². The summed E-state index contributed by atoms with van der Waals surface area (Å²) in [5.41, 5.74) is 4.79.